The van der Waals surface area contributed by atoms with E-state index in [0.717, 1.165) is 23.3 Å². The van der Waals surface area contributed by atoms with Gasteiger partial charge in [-0.15, -0.1) is 0 Å². The Kier molecular flexibility index (Phi) is 3.62. The fourth-order valence-electron chi connectivity index (χ4n) is 2.65. The van der Waals surface area contributed by atoms with E-state index in [2.05, 4.69) is 40.3 Å². The molecular weight excluding hydrogens is 290 g/mol. The average molecular weight is 310 g/mol. The second kappa shape index (κ2) is 5.22. The minimum atomic E-state index is 0.458. The van der Waals surface area contributed by atoms with Gasteiger partial charge in [0.2, 0.25) is 0 Å². The van der Waals surface area contributed by atoms with Gasteiger partial charge in [0.25, 0.3) is 0 Å². The fourth-order valence-corrected chi connectivity index (χ4v) is 3.34. The van der Waals surface area contributed by atoms with Crippen molar-refractivity contribution in [2.45, 2.75) is 44.6 Å². The van der Waals surface area contributed by atoms with E-state index in [4.69, 9.17) is 4.74 Å². The zero-order valence-electron chi connectivity index (χ0n) is 10.8. The van der Waals surface area contributed by atoms with Gasteiger partial charge in [-0.25, -0.2) is 0 Å². The van der Waals surface area contributed by atoms with E-state index >= 15 is 0 Å². The largest absolute Gasteiger partial charge is 0.489 e. The third kappa shape index (κ3) is 2.72. The highest BCUT2D eigenvalue weighted by Crippen LogP contribution is 2.40. The van der Waals surface area contributed by atoms with E-state index in [-0.39, 0.29) is 0 Å². The molecule has 3 heteroatoms. The Morgan fingerprint density at radius 2 is 2.11 bits per heavy atom. The number of nitrogens with one attached hydrogen (secondary N) is 1. The molecule has 0 spiro atoms. The first-order valence-electron chi connectivity index (χ1n) is 6.91. The minimum absolute atomic E-state index is 0.458. The first kappa shape index (κ1) is 12.5. The maximum Gasteiger partial charge on any atom is 0.137 e. The summed E-state index contributed by atoms with van der Waals surface area (Å²) in [6.45, 7) is 4.39. The van der Waals surface area contributed by atoms with Crippen molar-refractivity contribution < 1.29 is 4.74 Å². The molecule has 1 aliphatic carbocycles. The molecule has 2 nitrogen and oxygen atoms in total. The molecule has 0 radical (unpaired) electrons. The molecule has 1 aliphatic heterocycles. The van der Waals surface area contributed by atoms with Crippen LogP contribution in [0, 0.1) is 6.92 Å². The second-order valence-corrected chi connectivity index (χ2v) is 6.38. The standard InChI is InChI=1S/C15H20BrNO/c1-10-7-13(11-3-2-6-17-9-11)15(14(16)8-10)18-12-4-5-12/h7-8,11-12,17H,2-6,9H2,1H3. The molecule has 1 N–H and O–H groups in total. The van der Waals surface area contributed by atoms with Crippen molar-refractivity contribution in [3.63, 3.8) is 0 Å². The van der Waals surface area contributed by atoms with E-state index in [9.17, 15) is 0 Å². The van der Waals surface area contributed by atoms with E-state index in [0.29, 0.717) is 12.0 Å². The highest BCUT2D eigenvalue weighted by molar-refractivity contribution is 9.10. The summed E-state index contributed by atoms with van der Waals surface area (Å²) in [5, 5.41) is 3.50. The molecule has 18 heavy (non-hydrogen) atoms. The van der Waals surface area contributed by atoms with Gasteiger partial charge in [-0.3, -0.25) is 0 Å². The van der Waals surface area contributed by atoms with Crippen LogP contribution in [0.25, 0.3) is 0 Å². The molecule has 1 aromatic carbocycles. The first-order chi connectivity index (χ1) is 8.74. The van der Waals surface area contributed by atoms with E-state index in [1.165, 1.54) is 36.8 Å². The van der Waals surface area contributed by atoms with Crippen molar-refractivity contribution in [3.05, 3.63) is 27.7 Å². The first-order valence-corrected chi connectivity index (χ1v) is 7.71. The molecule has 2 aliphatic rings. The Balaban J connectivity index is 1.92. The zero-order chi connectivity index (χ0) is 12.5. The molecule has 1 unspecified atom stereocenters. The van der Waals surface area contributed by atoms with Crippen molar-refractivity contribution in [1.29, 1.82) is 0 Å². The maximum atomic E-state index is 6.12. The molecule has 0 bridgehead atoms. The number of hydrogen-bond acceptors (Lipinski definition) is 2. The summed E-state index contributed by atoms with van der Waals surface area (Å²) in [6, 6.07) is 4.47. The van der Waals surface area contributed by atoms with Gasteiger partial charge >= 0.3 is 0 Å². The van der Waals surface area contributed by atoms with Crippen LogP contribution in [0.15, 0.2) is 16.6 Å². The van der Waals surface area contributed by atoms with Crippen molar-refractivity contribution in [2.75, 3.05) is 13.1 Å². The number of rotatable bonds is 3. The molecule has 1 heterocycles. The van der Waals surface area contributed by atoms with Crippen LogP contribution in [0.2, 0.25) is 0 Å². The summed E-state index contributed by atoms with van der Waals surface area (Å²) in [6.07, 6.45) is 5.41. The van der Waals surface area contributed by atoms with Crippen molar-refractivity contribution in [3.8, 4) is 5.75 Å². The lowest BCUT2D eigenvalue weighted by atomic mass is 9.90. The van der Waals surface area contributed by atoms with Crippen LogP contribution in [0.3, 0.4) is 0 Å². The fraction of sp³-hybridized carbons (Fsp3) is 0.600. The third-order valence-electron chi connectivity index (χ3n) is 3.76. The lowest BCUT2D eigenvalue weighted by molar-refractivity contribution is 0.293. The van der Waals surface area contributed by atoms with Gasteiger partial charge in [-0.05, 0) is 72.3 Å². The van der Waals surface area contributed by atoms with Crippen LogP contribution in [-0.2, 0) is 0 Å². The number of piperidine rings is 1. The summed E-state index contributed by atoms with van der Waals surface area (Å²) in [7, 11) is 0. The van der Waals surface area contributed by atoms with Crippen LogP contribution < -0.4 is 10.1 Å². The van der Waals surface area contributed by atoms with Crippen molar-refractivity contribution in [2.24, 2.45) is 0 Å². The Morgan fingerprint density at radius 1 is 1.28 bits per heavy atom. The number of ether oxygens (including phenoxy) is 1. The molecule has 1 atom stereocenters. The number of benzene rings is 1. The lowest BCUT2D eigenvalue weighted by Crippen LogP contribution is -2.28. The molecule has 98 valence electrons. The number of aryl methyl sites for hydroxylation is 1. The van der Waals surface area contributed by atoms with Gasteiger partial charge in [-0.1, -0.05) is 6.07 Å². The van der Waals surface area contributed by atoms with E-state index < -0.39 is 0 Å². The van der Waals surface area contributed by atoms with Gasteiger partial charge in [0.1, 0.15) is 5.75 Å². The molecule has 1 aromatic rings. The van der Waals surface area contributed by atoms with Gasteiger partial charge in [-0.2, -0.15) is 0 Å². The van der Waals surface area contributed by atoms with Gasteiger partial charge in [0, 0.05) is 12.5 Å². The number of halogens is 1. The Morgan fingerprint density at radius 3 is 2.78 bits per heavy atom. The minimum Gasteiger partial charge on any atom is -0.489 e. The molecular formula is C15H20BrNO. The Labute approximate surface area is 117 Å². The van der Waals surface area contributed by atoms with Crippen LogP contribution in [0.5, 0.6) is 5.75 Å². The van der Waals surface area contributed by atoms with Gasteiger partial charge in [0.15, 0.2) is 0 Å². The lowest BCUT2D eigenvalue weighted by Gasteiger charge is -2.26. The molecule has 2 fully saturated rings. The average Bonchev–Trinajstić information content (AvgIpc) is 3.17. The van der Waals surface area contributed by atoms with Crippen LogP contribution in [0.1, 0.15) is 42.7 Å². The monoisotopic (exact) mass is 309 g/mol. The van der Waals surface area contributed by atoms with E-state index in [1.54, 1.807) is 0 Å². The van der Waals surface area contributed by atoms with Crippen LogP contribution in [-0.4, -0.2) is 19.2 Å². The Hall–Kier alpha value is -0.540. The highest BCUT2D eigenvalue weighted by Gasteiger charge is 2.28. The van der Waals surface area contributed by atoms with Gasteiger partial charge < -0.3 is 10.1 Å². The van der Waals surface area contributed by atoms with Crippen LogP contribution in [0.4, 0.5) is 0 Å². The summed E-state index contributed by atoms with van der Waals surface area (Å²) in [5.41, 5.74) is 2.70. The maximum absolute atomic E-state index is 6.12. The van der Waals surface area contributed by atoms with Crippen LogP contribution >= 0.6 is 15.9 Å². The number of hydrogen-bond donors (Lipinski definition) is 1. The Bertz CT molecular complexity index is 436. The van der Waals surface area contributed by atoms with E-state index in [1.807, 2.05) is 0 Å². The molecule has 3 rings (SSSR count). The van der Waals surface area contributed by atoms with Gasteiger partial charge in [0.05, 0.1) is 10.6 Å². The quantitative estimate of drug-likeness (QED) is 0.918. The molecule has 1 saturated heterocycles. The van der Waals surface area contributed by atoms with Crippen molar-refractivity contribution >= 4 is 15.9 Å². The summed E-state index contributed by atoms with van der Waals surface area (Å²) in [4.78, 5) is 0. The summed E-state index contributed by atoms with van der Waals surface area (Å²) < 4.78 is 7.24. The molecule has 0 amide bonds. The predicted octanol–water partition coefficient (Wildman–Crippen LogP) is 3.77. The molecule has 1 saturated carbocycles. The third-order valence-corrected chi connectivity index (χ3v) is 4.35. The summed E-state index contributed by atoms with van der Waals surface area (Å²) >= 11 is 3.68. The SMILES string of the molecule is Cc1cc(Br)c(OC2CC2)c(C2CCCNC2)c1. The smallest absolute Gasteiger partial charge is 0.137 e. The summed E-state index contributed by atoms with van der Waals surface area (Å²) in [5.74, 6) is 1.69. The molecule has 0 aromatic heterocycles. The zero-order valence-corrected chi connectivity index (χ0v) is 12.4. The van der Waals surface area contributed by atoms with Crippen molar-refractivity contribution in [1.82, 2.24) is 5.32 Å². The predicted molar refractivity (Wildman–Crippen MR) is 77.4 cm³/mol. The highest BCUT2D eigenvalue weighted by atomic mass is 79.9. The topological polar surface area (TPSA) is 21.3 Å². The second-order valence-electron chi connectivity index (χ2n) is 5.53. The normalized spacial score (nSPS) is 24.0.